The summed E-state index contributed by atoms with van der Waals surface area (Å²) in [6.07, 6.45) is 3.03. The quantitative estimate of drug-likeness (QED) is 0.690. The molecule has 0 radical (unpaired) electrons. The Hall–Kier alpha value is -1.37. The molecule has 0 atom stereocenters. The molecule has 0 unspecified atom stereocenters. The van der Waals surface area contributed by atoms with E-state index in [-0.39, 0.29) is 48.9 Å². The first kappa shape index (κ1) is 22.9. The van der Waals surface area contributed by atoms with Gasteiger partial charge in [-0.2, -0.15) is 0 Å². The van der Waals surface area contributed by atoms with Crippen LogP contribution < -0.4 is 16.4 Å². The topological polar surface area (TPSA) is 97.1 Å². The summed E-state index contributed by atoms with van der Waals surface area (Å²) >= 11 is 0. The van der Waals surface area contributed by atoms with E-state index in [1.54, 1.807) is 18.2 Å². The lowest BCUT2D eigenvalue weighted by atomic mass is 9.93. The molecule has 0 spiro atoms. The van der Waals surface area contributed by atoms with E-state index in [0.29, 0.717) is 6.54 Å². The number of halogens is 2. The number of pyridine rings is 1. The number of nitrogens with zero attached hydrogens (tertiary/aromatic N) is 1. The fraction of sp³-hybridized carbons (Fsp3) is 0.500. The van der Waals surface area contributed by atoms with Crippen molar-refractivity contribution in [2.24, 2.45) is 5.73 Å². The normalized spacial score (nSPS) is 9.95. The molecule has 1 rings (SSSR count). The summed E-state index contributed by atoms with van der Waals surface area (Å²) in [5.41, 5.74) is 5.60. The highest BCUT2D eigenvalue weighted by molar-refractivity contribution is 5.94. The zero-order valence-electron chi connectivity index (χ0n) is 12.8. The molecule has 0 fully saturated rings. The third-order valence-corrected chi connectivity index (χ3v) is 3.46. The van der Waals surface area contributed by atoms with Crippen LogP contribution in [0.1, 0.15) is 37.2 Å². The van der Waals surface area contributed by atoms with Crippen molar-refractivity contribution in [1.82, 2.24) is 15.6 Å². The summed E-state index contributed by atoms with van der Waals surface area (Å²) < 4.78 is 0. The standard InChI is InChI=1S/C14H22N4O2.2ClH/c1-3-14(4-2,10-15)18-12(19)9-17-13(20)11-7-5-6-8-16-11;;/h5-8H,3-4,9-10,15H2,1-2H3,(H,17,20)(H,18,19);2*1H. The average Bonchev–Trinajstić information content (AvgIpc) is 2.51. The van der Waals surface area contributed by atoms with Crippen molar-refractivity contribution in [3.63, 3.8) is 0 Å². The van der Waals surface area contributed by atoms with Crippen LogP contribution in [0, 0.1) is 0 Å². The molecule has 4 N–H and O–H groups in total. The summed E-state index contributed by atoms with van der Waals surface area (Å²) in [4.78, 5) is 27.5. The number of aromatic nitrogens is 1. The molecule has 126 valence electrons. The van der Waals surface area contributed by atoms with Crippen LogP contribution in [0.25, 0.3) is 0 Å². The first-order chi connectivity index (χ1) is 9.56. The molecule has 6 nitrogen and oxygen atoms in total. The van der Waals surface area contributed by atoms with Gasteiger partial charge in [-0.15, -0.1) is 24.8 Å². The molecule has 1 aromatic heterocycles. The molecule has 0 saturated carbocycles. The fourth-order valence-electron chi connectivity index (χ4n) is 1.85. The van der Waals surface area contributed by atoms with Gasteiger partial charge in [0.2, 0.25) is 5.91 Å². The van der Waals surface area contributed by atoms with Crippen molar-refractivity contribution in [2.45, 2.75) is 32.2 Å². The molecule has 0 saturated heterocycles. The molecule has 1 heterocycles. The Morgan fingerprint density at radius 2 is 1.86 bits per heavy atom. The zero-order chi connectivity index (χ0) is 15.0. The SMILES string of the molecule is CCC(CC)(CN)NC(=O)CNC(=O)c1ccccn1.Cl.Cl. The second kappa shape index (κ2) is 11.2. The Labute approximate surface area is 143 Å². The molecule has 0 aliphatic heterocycles. The summed E-state index contributed by atoms with van der Waals surface area (Å²) in [5.74, 6) is -0.615. The average molecular weight is 351 g/mol. The maximum absolute atomic E-state index is 11.9. The van der Waals surface area contributed by atoms with Crippen LogP contribution in [0.5, 0.6) is 0 Å². The summed E-state index contributed by atoms with van der Waals surface area (Å²) in [5, 5.41) is 5.43. The summed E-state index contributed by atoms with van der Waals surface area (Å²) in [6, 6.07) is 5.03. The van der Waals surface area contributed by atoms with Gasteiger partial charge in [0, 0.05) is 12.7 Å². The maximum Gasteiger partial charge on any atom is 0.270 e. The van der Waals surface area contributed by atoms with Gasteiger partial charge in [-0.05, 0) is 25.0 Å². The smallest absolute Gasteiger partial charge is 0.270 e. The van der Waals surface area contributed by atoms with Crippen molar-refractivity contribution in [3.8, 4) is 0 Å². The highest BCUT2D eigenvalue weighted by Crippen LogP contribution is 2.12. The van der Waals surface area contributed by atoms with Gasteiger partial charge in [0.05, 0.1) is 12.1 Å². The minimum atomic E-state index is -0.396. The Morgan fingerprint density at radius 3 is 2.32 bits per heavy atom. The van der Waals surface area contributed by atoms with Crippen molar-refractivity contribution < 1.29 is 9.59 Å². The maximum atomic E-state index is 11.9. The Balaban J connectivity index is 0. The Bertz CT molecular complexity index is 445. The number of amides is 2. The molecule has 1 aromatic rings. The second-order valence-corrected chi connectivity index (χ2v) is 4.64. The first-order valence-corrected chi connectivity index (χ1v) is 6.77. The largest absolute Gasteiger partial charge is 0.348 e. The van der Waals surface area contributed by atoms with Gasteiger partial charge in [-0.3, -0.25) is 14.6 Å². The summed E-state index contributed by atoms with van der Waals surface area (Å²) in [6.45, 7) is 4.24. The van der Waals surface area contributed by atoms with E-state index in [1.807, 2.05) is 13.8 Å². The van der Waals surface area contributed by atoms with Gasteiger partial charge >= 0.3 is 0 Å². The van der Waals surface area contributed by atoms with Gasteiger partial charge in [0.15, 0.2) is 0 Å². The Morgan fingerprint density at radius 1 is 1.23 bits per heavy atom. The summed E-state index contributed by atoms with van der Waals surface area (Å²) in [7, 11) is 0. The minimum absolute atomic E-state index is 0. The van der Waals surface area contributed by atoms with Crippen LogP contribution in [0.3, 0.4) is 0 Å². The van der Waals surface area contributed by atoms with Crippen molar-refractivity contribution >= 4 is 36.6 Å². The molecular weight excluding hydrogens is 327 g/mol. The van der Waals surface area contributed by atoms with E-state index in [2.05, 4.69) is 15.6 Å². The monoisotopic (exact) mass is 350 g/mol. The first-order valence-electron chi connectivity index (χ1n) is 6.77. The highest BCUT2D eigenvalue weighted by Gasteiger charge is 2.26. The lowest BCUT2D eigenvalue weighted by Crippen LogP contribution is -2.55. The van der Waals surface area contributed by atoms with Crippen LogP contribution in [0.2, 0.25) is 0 Å². The lowest BCUT2D eigenvalue weighted by Gasteiger charge is -2.31. The van der Waals surface area contributed by atoms with E-state index in [4.69, 9.17) is 5.73 Å². The number of hydrogen-bond acceptors (Lipinski definition) is 4. The van der Waals surface area contributed by atoms with Crippen molar-refractivity contribution in [3.05, 3.63) is 30.1 Å². The number of nitrogens with two attached hydrogens (primary N) is 1. The Kier molecular flexibility index (Phi) is 11.7. The van der Waals surface area contributed by atoms with Crippen molar-refractivity contribution in [1.29, 1.82) is 0 Å². The van der Waals surface area contributed by atoms with E-state index in [1.165, 1.54) is 6.20 Å². The number of carbonyl (C=O) groups excluding carboxylic acids is 2. The van der Waals surface area contributed by atoms with Gasteiger partial charge in [0.1, 0.15) is 5.69 Å². The number of hydrogen-bond donors (Lipinski definition) is 3. The van der Waals surface area contributed by atoms with Crippen LogP contribution >= 0.6 is 24.8 Å². The number of carbonyl (C=O) groups is 2. The zero-order valence-corrected chi connectivity index (χ0v) is 14.4. The van der Waals surface area contributed by atoms with Crippen molar-refractivity contribution in [2.75, 3.05) is 13.1 Å². The van der Waals surface area contributed by atoms with Crippen LogP contribution in [0.15, 0.2) is 24.4 Å². The van der Waals surface area contributed by atoms with Gasteiger partial charge in [0.25, 0.3) is 5.91 Å². The third-order valence-electron chi connectivity index (χ3n) is 3.46. The fourth-order valence-corrected chi connectivity index (χ4v) is 1.85. The molecule has 22 heavy (non-hydrogen) atoms. The molecular formula is C14H24Cl2N4O2. The van der Waals surface area contributed by atoms with E-state index in [0.717, 1.165) is 12.8 Å². The van der Waals surface area contributed by atoms with Gasteiger partial charge < -0.3 is 16.4 Å². The van der Waals surface area contributed by atoms with E-state index in [9.17, 15) is 9.59 Å². The predicted octanol–water partition coefficient (Wildman–Crippen LogP) is 1.29. The molecule has 0 bridgehead atoms. The minimum Gasteiger partial charge on any atom is -0.348 e. The third kappa shape index (κ3) is 6.60. The molecule has 8 heteroatoms. The van der Waals surface area contributed by atoms with Gasteiger partial charge in [-0.25, -0.2) is 0 Å². The number of nitrogens with one attached hydrogen (secondary N) is 2. The number of rotatable bonds is 7. The van der Waals surface area contributed by atoms with Crippen LogP contribution in [0.4, 0.5) is 0 Å². The van der Waals surface area contributed by atoms with Crippen LogP contribution in [-0.2, 0) is 4.79 Å². The molecule has 0 aliphatic rings. The van der Waals surface area contributed by atoms with E-state index < -0.39 is 5.54 Å². The second-order valence-electron chi connectivity index (χ2n) is 4.64. The molecule has 2 amide bonds. The lowest BCUT2D eigenvalue weighted by molar-refractivity contribution is -0.122. The van der Waals surface area contributed by atoms with E-state index >= 15 is 0 Å². The van der Waals surface area contributed by atoms with Crippen LogP contribution in [-0.4, -0.2) is 35.4 Å². The highest BCUT2D eigenvalue weighted by atomic mass is 35.5. The molecule has 0 aliphatic carbocycles. The molecule has 0 aromatic carbocycles. The predicted molar refractivity (Wildman–Crippen MR) is 91.6 cm³/mol. The van der Waals surface area contributed by atoms with Gasteiger partial charge in [-0.1, -0.05) is 19.9 Å².